The number of benzene rings is 1. The first-order valence-electron chi connectivity index (χ1n) is 11.0. The van der Waals surface area contributed by atoms with Crippen LogP contribution >= 0.6 is 11.8 Å². The number of nitrogens with zero attached hydrogens (tertiary/aromatic N) is 4. The number of aryl methyl sites for hydroxylation is 1. The molecular formula is C24H29N5O2S. The van der Waals surface area contributed by atoms with Crippen molar-refractivity contribution in [1.82, 2.24) is 14.8 Å². The molecule has 1 atom stereocenters. The number of hydrogen-bond acceptors (Lipinski definition) is 6. The zero-order valence-corrected chi connectivity index (χ0v) is 19.4. The zero-order valence-electron chi connectivity index (χ0n) is 18.6. The Morgan fingerprint density at radius 1 is 1.22 bits per heavy atom. The van der Waals surface area contributed by atoms with Crippen molar-refractivity contribution >= 4 is 29.0 Å². The van der Waals surface area contributed by atoms with Crippen molar-refractivity contribution in [2.24, 2.45) is 0 Å². The highest BCUT2D eigenvalue weighted by Gasteiger charge is 2.22. The Balaban J connectivity index is 1.42. The van der Waals surface area contributed by atoms with Gasteiger partial charge in [0.15, 0.2) is 11.0 Å². The molecule has 1 unspecified atom stereocenters. The number of carbonyl (C=O) groups excluding carboxylic acids is 1. The third-order valence-electron chi connectivity index (χ3n) is 5.64. The molecule has 1 saturated heterocycles. The van der Waals surface area contributed by atoms with Gasteiger partial charge in [0.1, 0.15) is 5.76 Å². The average molecular weight is 452 g/mol. The second-order valence-corrected chi connectivity index (χ2v) is 9.25. The van der Waals surface area contributed by atoms with E-state index in [4.69, 9.17) is 4.42 Å². The molecule has 1 fully saturated rings. The summed E-state index contributed by atoms with van der Waals surface area (Å²) < 4.78 is 7.36. The molecule has 4 rings (SSSR count). The van der Waals surface area contributed by atoms with Crippen LogP contribution < -0.4 is 10.2 Å². The number of piperidine rings is 1. The number of carbonyl (C=O) groups is 1. The maximum absolute atomic E-state index is 12.8. The average Bonchev–Trinajstić information content (AvgIpc) is 3.40. The predicted octanol–water partition coefficient (Wildman–Crippen LogP) is 5.14. The molecule has 3 aromatic rings. The van der Waals surface area contributed by atoms with E-state index in [-0.39, 0.29) is 11.2 Å². The Labute approximate surface area is 192 Å². The summed E-state index contributed by atoms with van der Waals surface area (Å²) in [4.78, 5) is 15.2. The Morgan fingerprint density at radius 2 is 1.97 bits per heavy atom. The molecule has 0 saturated carbocycles. The molecule has 168 valence electrons. The topological polar surface area (TPSA) is 76.2 Å². The molecule has 0 spiro atoms. The van der Waals surface area contributed by atoms with Gasteiger partial charge in [-0.3, -0.25) is 9.36 Å². The third kappa shape index (κ3) is 4.91. The third-order valence-corrected chi connectivity index (χ3v) is 6.72. The fourth-order valence-corrected chi connectivity index (χ4v) is 4.71. The number of anilines is 2. The molecule has 7 nitrogen and oxygen atoms in total. The maximum atomic E-state index is 12.8. The van der Waals surface area contributed by atoms with Crippen LogP contribution in [0.15, 0.2) is 58.8 Å². The first-order chi connectivity index (χ1) is 15.6. The van der Waals surface area contributed by atoms with Crippen LogP contribution in [0.3, 0.4) is 0 Å². The second-order valence-electron chi connectivity index (χ2n) is 7.94. The van der Waals surface area contributed by atoms with Gasteiger partial charge in [-0.25, -0.2) is 0 Å². The lowest BCUT2D eigenvalue weighted by Gasteiger charge is -2.28. The van der Waals surface area contributed by atoms with E-state index in [2.05, 4.69) is 39.1 Å². The van der Waals surface area contributed by atoms with E-state index in [0.29, 0.717) is 17.5 Å². The fraction of sp³-hybridized carbons (Fsp3) is 0.375. The molecule has 1 aromatic carbocycles. The van der Waals surface area contributed by atoms with Crippen molar-refractivity contribution < 1.29 is 9.21 Å². The molecule has 2 aromatic heterocycles. The second kappa shape index (κ2) is 10.1. The van der Waals surface area contributed by atoms with E-state index in [0.717, 1.165) is 30.1 Å². The zero-order chi connectivity index (χ0) is 22.5. The van der Waals surface area contributed by atoms with E-state index in [1.54, 1.807) is 12.3 Å². The molecule has 1 aliphatic rings. The maximum Gasteiger partial charge on any atom is 0.237 e. The Bertz CT molecular complexity index is 1070. The minimum Gasteiger partial charge on any atom is -0.469 e. The van der Waals surface area contributed by atoms with Crippen LogP contribution in [0.2, 0.25) is 0 Å². The first-order valence-corrected chi connectivity index (χ1v) is 11.9. The molecule has 8 heteroatoms. The number of amides is 1. The number of aromatic nitrogens is 3. The minimum atomic E-state index is -0.345. The van der Waals surface area contributed by atoms with Crippen LogP contribution in [-0.2, 0) is 11.3 Å². The summed E-state index contributed by atoms with van der Waals surface area (Å²) >= 11 is 1.38. The molecule has 32 heavy (non-hydrogen) atoms. The summed E-state index contributed by atoms with van der Waals surface area (Å²) in [5.41, 5.74) is 2.90. The van der Waals surface area contributed by atoms with Crippen LogP contribution in [0.4, 0.5) is 11.4 Å². The fourth-order valence-electron chi connectivity index (χ4n) is 3.85. The van der Waals surface area contributed by atoms with Crippen LogP contribution in [-0.4, -0.2) is 39.0 Å². The van der Waals surface area contributed by atoms with E-state index in [9.17, 15) is 4.79 Å². The van der Waals surface area contributed by atoms with Gasteiger partial charge in [-0.1, -0.05) is 17.8 Å². The van der Waals surface area contributed by atoms with Gasteiger partial charge in [-0.05, 0) is 63.4 Å². The Kier molecular flexibility index (Phi) is 6.99. The van der Waals surface area contributed by atoms with Gasteiger partial charge in [0.05, 0.1) is 17.1 Å². The van der Waals surface area contributed by atoms with Gasteiger partial charge in [-0.2, -0.15) is 0 Å². The lowest BCUT2D eigenvalue weighted by Crippen LogP contribution is -2.29. The lowest BCUT2D eigenvalue weighted by molar-refractivity contribution is -0.115. The van der Waals surface area contributed by atoms with Crippen molar-refractivity contribution in [3.63, 3.8) is 0 Å². The van der Waals surface area contributed by atoms with E-state index in [1.165, 1.54) is 36.7 Å². The number of allylic oxidation sites excluding steroid dienone is 1. The summed E-state index contributed by atoms with van der Waals surface area (Å²) in [5.74, 6) is 1.41. The molecule has 3 heterocycles. The summed E-state index contributed by atoms with van der Waals surface area (Å²) in [6.45, 7) is 10.4. The summed E-state index contributed by atoms with van der Waals surface area (Å²) in [6.07, 6.45) is 7.22. The Morgan fingerprint density at radius 3 is 2.62 bits per heavy atom. The van der Waals surface area contributed by atoms with Gasteiger partial charge in [-0.15, -0.1) is 16.8 Å². The van der Waals surface area contributed by atoms with Crippen LogP contribution in [0.5, 0.6) is 0 Å². The van der Waals surface area contributed by atoms with Gasteiger partial charge < -0.3 is 14.6 Å². The van der Waals surface area contributed by atoms with Gasteiger partial charge in [0.2, 0.25) is 5.91 Å². The van der Waals surface area contributed by atoms with Crippen molar-refractivity contribution in [2.45, 2.75) is 50.1 Å². The number of rotatable bonds is 8. The SMILES string of the molecule is C=CCn1c(SC(C)C(=O)Nc2ccc(N3CCCCC3)cc2)nnc1-c1ccoc1C. The molecule has 1 aliphatic heterocycles. The molecule has 0 bridgehead atoms. The normalized spacial score (nSPS) is 14.9. The summed E-state index contributed by atoms with van der Waals surface area (Å²) in [6, 6.07) is 9.98. The van der Waals surface area contributed by atoms with Crippen molar-refractivity contribution in [2.75, 3.05) is 23.3 Å². The Hall–Kier alpha value is -3.00. The number of nitrogens with one attached hydrogen (secondary N) is 1. The van der Waals surface area contributed by atoms with Gasteiger partial charge >= 0.3 is 0 Å². The lowest BCUT2D eigenvalue weighted by atomic mass is 10.1. The van der Waals surface area contributed by atoms with Gasteiger partial charge in [0, 0.05) is 31.0 Å². The van der Waals surface area contributed by atoms with E-state index in [1.807, 2.05) is 36.6 Å². The van der Waals surface area contributed by atoms with Crippen LogP contribution in [0.1, 0.15) is 31.9 Å². The summed E-state index contributed by atoms with van der Waals surface area (Å²) in [5, 5.41) is 12.0. The van der Waals surface area contributed by atoms with Crippen molar-refractivity contribution in [3.8, 4) is 11.4 Å². The molecule has 0 radical (unpaired) electrons. The highest BCUT2D eigenvalue weighted by molar-refractivity contribution is 8.00. The van der Waals surface area contributed by atoms with E-state index >= 15 is 0 Å². The largest absolute Gasteiger partial charge is 0.469 e. The highest BCUT2D eigenvalue weighted by atomic mass is 32.2. The van der Waals surface area contributed by atoms with Crippen molar-refractivity contribution in [1.29, 1.82) is 0 Å². The van der Waals surface area contributed by atoms with Crippen LogP contribution in [0.25, 0.3) is 11.4 Å². The van der Waals surface area contributed by atoms with E-state index < -0.39 is 0 Å². The highest BCUT2D eigenvalue weighted by Crippen LogP contribution is 2.29. The van der Waals surface area contributed by atoms with Crippen LogP contribution in [0, 0.1) is 6.92 Å². The number of hydrogen-bond donors (Lipinski definition) is 1. The number of thioether (sulfide) groups is 1. The molecule has 1 amide bonds. The molecule has 1 N–H and O–H groups in total. The standard InChI is InChI=1S/C24H29N5O2S/c1-4-13-29-22(21-12-16-31-17(21)2)26-27-24(29)32-18(3)23(30)25-19-8-10-20(11-9-19)28-14-6-5-7-15-28/h4,8-12,16,18H,1,5-7,13-15H2,2-3H3,(H,25,30). The van der Waals surface area contributed by atoms with Crippen molar-refractivity contribution in [3.05, 3.63) is 55.0 Å². The number of furan rings is 1. The smallest absolute Gasteiger partial charge is 0.237 e. The molecular weight excluding hydrogens is 422 g/mol. The summed E-state index contributed by atoms with van der Waals surface area (Å²) in [7, 11) is 0. The monoisotopic (exact) mass is 451 g/mol. The molecule has 0 aliphatic carbocycles. The minimum absolute atomic E-state index is 0.0742. The first kappa shape index (κ1) is 22.2. The quantitative estimate of drug-likeness (QED) is 0.377. The predicted molar refractivity (Wildman–Crippen MR) is 129 cm³/mol. The van der Waals surface area contributed by atoms with Gasteiger partial charge in [0.25, 0.3) is 0 Å².